The van der Waals surface area contributed by atoms with Gasteiger partial charge in [0, 0.05) is 94.1 Å². The minimum atomic E-state index is -4.50. The SMILES string of the molecule is C1CCOC1.C=CC(=O)Cl.C=CC(=O)Nc1ccc([C@@H](N[C@H]2CCC[C@@H](Nc3ncc(Cl)c(-c4c[nH]c5ccccc45)n3)C2)C(F)(F)F)cc1.Nc1ccc([C@@H](N[C@H]2CCC[C@@H](Nc3ncc(Cl)c(-c4c[nH]c5ccccc45)n3)C2)C(F)(F)F)cc1. The first-order chi connectivity index (χ1) is 41.3. The molecule has 6 atom stereocenters. The molecule has 9 N–H and O–H groups in total. The summed E-state index contributed by atoms with van der Waals surface area (Å²) in [6.07, 6.45) is 7.92. The van der Waals surface area contributed by atoms with Crippen molar-refractivity contribution >= 4 is 91.0 Å². The Balaban J connectivity index is 0.000000193. The number of benzene rings is 4. The van der Waals surface area contributed by atoms with Gasteiger partial charge in [0.05, 0.1) is 33.8 Å². The second kappa shape index (κ2) is 30.2. The molecule has 4 aromatic carbocycles. The molecule has 1 amide bonds. The second-order valence-electron chi connectivity index (χ2n) is 20.8. The van der Waals surface area contributed by atoms with E-state index in [-0.39, 0.29) is 35.3 Å². The Kier molecular flexibility index (Phi) is 22.6. The highest BCUT2D eigenvalue weighted by molar-refractivity contribution is 6.66. The van der Waals surface area contributed by atoms with Gasteiger partial charge in [0.25, 0.3) is 0 Å². The first kappa shape index (κ1) is 64.5. The second-order valence-corrected chi connectivity index (χ2v) is 22.0. The van der Waals surface area contributed by atoms with Crippen molar-refractivity contribution < 1.29 is 40.7 Å². The van der Waals surface area contributed by atoms with Gasteiger partial charge in [-0.1, -0.05) is 97.0 Å². The predicted octanol–water partition coefficient (Wildman–Crippen LogP) is 15.2. The summed E-state index contributed by atoms with van der Waals surface area (Å²) in [5, 5.41) is 17.1. The summed E-state index contributed by atoms with van der Waals surface area (Å²) in [7, 11) is 0. The van der Waals surface area contributed by atoms with E-state index >= 15 is 0 Å². The number of hydrogen-bond acceptors (Lipinski definition) is 12. The third-order valence-corrected chi connectivity index (χ3v) is 15.3. The van der Waals surface area contributed by atoms with E-state index in [0.717, 1.165) is 84.0 Å². The molecule has 2 saturated carbocycles. The first-order valence-electron chi connectivity index (χ1n) is 27.9. The molecule has 2 aliphatic carbocycles. The molecule has 3 aliphatic rings. The molecule has 454 valence electrons. The van der Waals surface area contributed by atoms with Gasteiger partial charge in [0.15, 0.2) is 0 Å². The van der Waals surface area contributed by atoms with E-state index in [2.05, 4.69) is 69.6 Å². The zero-order valence-corrected chi connectivity index (χ0v) is 48.8. The van der Waals surface area contributed by atoms with Gasteiger partial charge in [-0.3, -0.25) is 20.2 Å². The Morgan fingerprint density at radius 3 is 1.43 bits per heavy atom. The minimum Gasteiger partial charge on any atom is -0.399 e. The summed E-state index contributed by atoms with van der Waals surface area (Å²) in [4.78, 5) is 45.4. The van der Waals surface area contributed by atoms with Crippen LogP contribution < -0.4 is 32.3 Å². The first-order valence-corrected chi connectivity index (χ1v) is 29.0. The number of amides is 1. The molecule has 0 spiro atoms. The average molecular weight is 1250 g/mol. The number of carbonyl (C=O) groups excluding carboxylic acids is 2. The molecule has 1 saturated heterocycles. The van der Waals surface area contributed by atoms with Crippen molar-refractivity contribution in [2.75, 3.05) is 34.9 Å². The standard InChI is InChI=1S/C29H28ClF3N6O.C26H26ClF3N6.C4H8O.C3H3ClO/c1-2-25(40)36-18-12-10-17(11-13-18)27(29(31,32)33)37-19-6-5-7-20(14-19)38-28-35-16-23(30)26(39-28)22-15-34-24-9-4-3-8-21(22)24;27-21-14-33-25(36-23(21)20-13-32-22-7-2-1-6-19(20)22)35-18-5-3-4-17(12-18)34-24(26(28,29)30)15-8-10-16(31)11-9-15;1-2-4-5-3-1;1-2-3(4)5/h2-4,8-13,15-16,19-20,27,34,37H,1,5-7,14H2,(H,36,40)(H,35,38,39);1-2,6-11,13-14,17-18,24,32,34H,3-5,12,31H2,(H,33,35,36);1-4H2;2H,1H2/t19-,20+,27+;17-,18+,24+;;/m00../s1. The lowest BCUT2D eigenvalue weighted by Gasteiger charge is -2.34. The molecule has 4 aromatic heterocycles. The Morgan fingerprint density at radius 2 is 1.03 bits per heavy atom. The maximum absolute atomic E-state index is 14.1. The molecule has 0 bridgehead atoms. The van der Waals surface area contributed by atoms with Crippen LogP contribution >= 0.6 is 34.8 Å². The fraction of sp³-hybridized carbons (Fsp3) is 0.323. The maximum atomic E-state index is 14.1. The number of H-pyrrole nitrogens is 2. The quantitative estimate of drug-likeness (QED) is 0.0208. The van der Waals surface area contributed by atoms with Gasteiger partial charge in [-0.05, 0) is 135 Å². The van der Waals surface area contributed by atoms with Crippen molar-refractivity contribution in [2.45, 2.75) is 113 Å². The zero-order chi connectivity index (χ0) is 61.4. The lowest BCUT2D eigenvalue weighted by Crippen LogP contribution is -2.45. The van der Waals surface area contributed by atoms with Crippen molar-refractivity contribution in [3.05, 3.63) is 168 Å². The van der Waals surface area contributed by atoms with E-state index in [9.17, 15) is 35.9 Å². The van der Waals surface area contributed by atoms with Gasteiger partial charge in [-0.15, -0.1) is 0 Å². The lowest BCUT2D eigenvalue weighted by atomic mass is 9.90. The zero-order valence-electron chi connectivity index (χ0n) is 46.6. The Morgan fingerprint density at radius 1 is 0.616 bits per heavy atom. The highest BCUT2D eigenvalue weighted by Crippen LogP contribution is 2.39. The van der Waals surface area contributed by atoms with E-state index in [4.69, 9.17) is 45.3 Å². The average Bonchev–Trinajstić information content (AvgIpc) is 2.63. The Hall–Kier alpha value is -7.53. The van der Waals surface area contributed by atoms with Crippen LogP contribution in [0.25, 0.3) is 44.3 Å². The van der Waals surface area contributed by atoms with Crippen molar-refractivity contribution in [3.8, 4) is 22.5 Å². The molecular formula is C62H65Cl3F6N12O3. The molecule has 11 rings (SSSR count). The molecule has 5 heterocycles. The van der Waals surface area contributed by atoms with Crippen LogP contribution in [-0.2, 0) is 14.3 Å². The number of hydrogen-bond donors (Lipinski definition) is 8. The predicted molar refractivity (Wildman–Crippen MR) is 329 cm³/mol. The topological polar surface area (TPSA) is 213 Å². The Bertz CT molecular complexity index is 3540. The summed E-state index contributed by atoms with van der Waals surface area (Å²) in [5.41, 5.74) is 11.5. The van der Waals surface area contributed by atoms with Crippen LogP contribution in [0, 0.1) is 0 Å². The van der Waals surface area contributed by atoms with E-state index in [1.165, 1.54) is 67.6 Å². The molecule has 0 unspecified atom stereocenters. The summed E-state index contributed by atoms with van der Waals surface area (Å²) in [6, 6.07) is 22.6. The lowest BCUT2D eigenvalue weighted by molar-refractivity contribution is -0.161. The van der Waals surface area contributed by atoms with Crippen LogP contribution in [-0.4, -0.2) is 90.8 Å². The molecule has 1 aliphatic heterocycles. The number of nitrogens with two attached hydrogens (primary N) is 1. The molecular weight excluding hydrogens is 1180 g/mol. The Labute approximate surface area is 508 Å². The highest BCUT2D eigenvalue weighted by atomic mass is 35.5. The summed E-state index contributed by atoms with van der Waals surface area (Å²) < 4.78 is 88.9. The van der Waals surface area contributed by atoms with Gasteiger partial charge >= 0.3 is 12.4 Å². The normalized spacial score (nSPS) is 18.4. The molecule has 86 heavy (non-hydrogen) atoms. The van der Waals surface area contributed by atoms with Gasteiger partial charge in [0.1, 0.15) is 12.1 Å². The highest BCUT2D eigenvalue weighted by Gasteiger charge is 2.44. The number of alkyl halides is 6. The van der Waals surface area contributed by atoms with E-state index in [1.807, 2.05) is 60.9 Å². The molecule has 15 nitrogen and oxygen atoms in total. The number of carbonyl (C=O) groups is 2. The van der Waals surface area contributed by atoms with Crippen LogP contribution in [0.2, 0.25) is 10.0 Å². The van der Waals surface area contributed by atoms with Gasteiger partial charge < -0.3 is 36.4 Å². The van der Waals surface area contributed by atoms with Crippen LogP contribution in [0.15, 0.2) is 147 Å². The van der Waals surface area contributed by atoms with Crippen molar-refractivity contribution in [2.24, 2.45) is 0 Å². The number of nitrogens with zero attached hydrogens (tertiary/aromatic N) is 4. The molecule has 3 fully saturated rings. The number of nitrogens with one attached hydrogen (secondary N) is 7. The monoisotopic (exact) mass is 1240 g/mol. The van der Waals surface area contributed by atoms with Gasteiger partial charge in [0.2, 0.25) is 23.0 Å². The van der Waals surface area contributed by atoms with E-state index < -0.39 is 35.6 Å². The van der Waals surface area contributed by atoms with Crippen molar-refractivity contribution in [3.63, 3.8) is 0 Å². The number of aromatic amines is 2. The largest absolute Gasteiger partial charge is 0.407 e. The van der Waals surface area contributed by atoms with Crippen molar-refractivity contribution in [1.82, 2.24) is 40.5 Å². The minimum absolute atomic E-state index is 0.0728. The van der Waals surface area contributed by atoms with Gasteiger partial charge in [-0.25, -0.2) is 19.9 Å². The number of rotatable bonds is 15. The molecule has 8 aromatic rings. The van der Waals surface area contributed by atoms with E-state index in [1.54, 1.807) is 6.20 Å². The summed E-state index contributed by atoms with van der Waals surface area (Å²) in [5.74, 6) is 0.341. The number of para-hydroxylation sites is 2. The smallest absolute Gasteiger partial charge is 0.399 e. The maximum Gasteiger partial charge on any atom is 0.407 e. The molecule has 0 radical (unpaired) electrons. The fourth-order valence-corrected chi connectivity index (χ4v) is 10.9. The number of nitrogen functional groups attached to an aromatic ring is 1. The third kappa shape index (κ3) is 18.0. The number of anilines is 4. The van der Waals surface area contributed by atoms with Crippen LogP contribution in [0.4, 0.5) is 49.6 Å². The van der Waals surface area contributed by atoms with Crippen LogP contribution in [0.5, 0.6) is 0 Å². The van der Waals surface area contributed by atoms with Gasteiger partial charge in [-0.2, -0.15) is 26.3 Å². The van der Waals surface area contributed by atoms with Crippen LogP contribution in [0.3, 0.4) is 0 Å². The van der Waals surface area contributed by atoms with E-state index in [0.29, 0.717) is 70.4 Å². The number of allylic oxidation sites excluding steroid dienone is 1. The summed E-state index contributed by atoms with van der Waals surface area (Å²) in [6.45, 7) is 8.45. The molecule has 24 heteroatoms. The summed E-state index contributed by atoms with van der Waals surface area (Å²) >= 11 is 17.6. The number of halogens is 9. The fourth-order valence-electron chi connectivity index (χ4n) is 10.5. The number of aromatic nitrogens is 6. The number of fused-ring (bicyclic) bond motifs is 2. The van der Waals surface area contributed by atoms with Crippen LogP contribution in [0.1, 0.15) is 87.4 Å². The van der Waals surface area contributed by atoms with Crippen molar-refractivity contribution in [1.29, 1.82) is 0 Å². The number of ether oxygens (including phenoxy) is 1. The third-order valence-electron chi connectivity index (χ3n) is 14.6.